The van der Waals surface area contributed by atoms with E-state index >= 15 is 0 Å². The third kappa shape index (κ3) is 10.5. The van der Waals surface area contributed by atoms with Crippen LogP contribution in [0.4, 0.5) is 22.9 Å². The molecule has 0 bridgehead atoms. The van der Waals surface area contributed by atoms with Crippen LogP contribution in [-0.2, 0) is 9.53 Å². The summed E-state index contributed by atoms with van der Waals surface area (Å²) in [4.78, 5) is 38.8. The van der Waals surface area contributed by atoms with E-state index in [0.29, 0.717) is 36.3 Å². The standard InChI is InChI=1S/C31H50N8O3/c1-22-19-25-26(20-24(22)35-21-34-16-10-9-15-33-17-12-14-32)39(29-28(38-25)30(41)37-23(2)36-29)18-11-7-6-8-13-27(40)42-31(3,4)5/h19-20,33-35H,2,6-18,21,32H2,1,3-5H3,(H,37,41). The van der Waals surface area contributed by atoms with Crippen LogP contribution in [0.25, 0.3) is 6.58 Å². The topological polar surface area (TPSA) is 150 Å². The number of hydrogen-bond donors (Lipinski definition) is 5. The molecule has 3 rings (SSSR count). The number of unbranched alkanes of at least 4 members (excludes halogenated alkanes) is 4. The van der Waals surface area contributed by atoms with E-state index in [9.17, 15) is 9.59 Å². The van der Waals surface area contributed by atoms with E-state index < -0.39 is 5.60 Å². The van der Waals surface area contributed by atoms with Gasteiger partial charge in [0, 0.05) is 18.7 Å². The number of hydrogen-bond acceptors (Lipinski definition) is 10. The number of carbonyl (C=O) groups excluding carboxylic acids is 1. The van der Waals surface area contributed by atoms with Crippen molar-refractivity contribution in [3.8, 4) is 0 Å². The number of nitrogens with two attached hydrogens (primary N) is 1. The van der Waals surface area contributed by atoms with Crippen molar-refractivity contribution in [2.24, 2.45) is 10.7 Å². The van der Waals surface area contributed by atoms with Gasteiger partial charge in [-0.15, -0.1) is 0 Å². The number of benzene rings is 1. The Hall–Kier alpha value is -3.28. The molecule has 0 amide bonds. The molecule has 11 nitrogen and oxygen atoms in total. The number of rotatable bonds is 18. The summed E-state index contributed by atoms with van der Waals surface area (Å²) < 4.78 is 5.41. The first-order valence-corrected chi connectivity index (χ1v) is 15.3. The molecule has 0 aliphatic carbocycles. The maximum atomic E-state index is 12.8. The van der Waals surface area contributed by atoms with E-state index in [1.807, 2.05) is 33.8 Å². The molecule has 11 heteroatoms. The number of aromatic nitrogens is 2. The Kier molecular flexibility index (Phi) is 13.0. The zero-order chi connectivity index (χ0) is 30.5. The van der Waals surface area contributed by atoms with Crippen molar-refractivity contribution >= 4 is 35.4 Å². The Morgan fingerprint density at radius 3 is 2.50 bits per heavy atom. The molecule has 6 N–H and O–H groups in total. The first-order chi connectivity index (χ1) is 20.1. The van der Waals surface area contributed by atoms with Gasteiger partial charge in [-0.2, -0.15) is 0 Å². The van der Waals surface area contributed by atoms with Gasteiger partial charge < -0.3 is 36.3 Å². The van der Waals surface area contributed by atoms with E-state index in [2.05, 4.69) is 48.5 Å². The highest BCUT2D eigenvalue weighted by atomic mass is 16.6. The lowest BCUT2D eigenvalue weighted by atomic mass is 10.1. The third-order valence-electron chi connectivity index (χ3n) is 6.88. The molecule has 0 saturated carbocycles. The van der Waals surface area contributed by atoms with Crippen molar-refractivity contribution in [3.05, 3.63) is 38.9 Å². The van der Waals surface area contributed by atoms with Gasteiger partial charge in [0.1, 0.15) is 11.1 Å². The Morgan fingerprint density at radius 2 is 1.76 bits per heavy atom. The van der Waals surface area contributed by atoms with Crippen molar-refractivity contribution in [2.45, 2.75) is 84.7 Å². The van der Waals surface area contributed by atoms with Gasteiger partial charge in [-0.3, -0.25) is 9.59 Å². The summed E-state index contributed by atoms with van der Waals surface area (Å²) in [6.07, 6.45) is 7.14. The second kappa shape index (κ2) is 16.4. The van der Waals surface area contributed by atoms with Crippen molar-refractivity contribution in [2.75, 3.05) is 49.6 Å². The van der Waals surface area contributed by atoms with Crippen molar-refractivity contribution in [3.63, 3.8) is 0 Å². The van der Waals surface area contributed by atoms with E-state index in [1.54, 1.807) is 0 Å². The minimum Gasteiger partial charge on any atom is -0.460 e. The number of esters is 1. The number of nitrogens with one attached hydrogen (secondary N) is 4. The van der Waals surface area contributed by atoms with E-state index in [1.165, 1.54) is 0 Å². The zero-order valence-electron chi connectivity index (χ0n) is 25.9. The van der Waals surface area contributed by atoms with Gasteiger partial charge in [0.15, 0.2) is 11.2 Å². The van der Waals surface area contributed by atoms with Crippen molar-refractivity contribution in [1.29, 1.82) is 0 Å². The minimum absolute atomic E-state index is 0.158. The molecular weight excluding hydrogens is 532 g/mol. The zero-order valence-corrected chi connectivity index (χ0v) is 25.9. The van der Waals surface area contributed by atoms with Gasteiger partial charge in [0.25, 0.3) is 5.56 Å². The maximum Gasteiger partial charge on any atom is 0.306 e. The molecule has 1 aromatic carbocycles. The maximum absolute atomic E-state index is 12.8. The van der Waals surface area contributed by atoms with Crippen LogP contribution in [0.3, 0.4) is 0 Å². The van der Waals surface area contributed by atoms with Gasteiger partial charge >= 0.3 is 5.97 Å². The molecule has 0 atom stereocenters. The second-order valence-corrected chi connectivity index (χ2v) is 11.8. The Bertz CT molecular complexity index is 1340. The predicted molar refractivity (Wildman–Crippen MR) is 170 cm³/mol. The summed E-state index contributed by atoms with van der Waals surface area (Å²) >= 11 is 0. The lowest BCUT2D eigenvalue weighted by Crippen LogP contribution is -2.42. The van der Waals surface area contributed by atoms with Crippen LogP contribution in [0.15, 0.2) is 21.9 Å². The SMILES string of the molecule is C=c1nc2c(c(=O)[nH]1)=Nc1cc(C)c(NCNCCCCNCCCN)cc1N2CCCCCCC(=O)OC(C)(C)C. The number of anilines is 3. The number of ether oxygens (including phenoxy) is 1. The normalized spacial score (nSPS) is 12.5. The number of H-pyrrole nitrogens is 1. The molecule has 0 radical (unpaired) electrons. The van der Waals surface area contributed by atoms with E-state index in [-0.39, 0.29) is 11.5 Å². The average Bonchev–Trinajstić information content (AvgIpc) is 2.91. The van der Waals surface area contributed by atoms with E-state index in [0.717, 1.165) is 93.8 Å². The quantitative estimate of drug-likeness (QED) is 0.102. The van der Waals surface area contributed by atoms with Crippen molar-refractivity contribution < 1.29 is 9.53 Å². The second-order valence-electron chi connectivity index (χ2n) is 11.8. The van der Waals surface area contributed by atoms with E-state index in [4.69, 9.17) is 10.5 Å². The third-order valence-corrected chi connectivity index (χ3v) is 6.88. The van der Waals surface area contributed by atoms with Crippen LogP contribution in [0.5, 0.6) is 0 Å². The van der Waals surface area contributed by atoms with Crippen LogP contribution >= 0.6 is 0 Å². The molecule has 2 aromatic rings. The largest absolute Gasteiger partial charge is 0.460 e. The predicted octanol–water partition coefficient (Wildman–Crippen LogP) is 2.86. The smallest absolute Gasteiger partial charge is 0.306 e. The molecule has 232 valence electrons. The summed E-state index contributed by atoms with van der Waals surface area (Å²) in [5.74, 6) is 0.368. The van der Waals surface area contributed by atoms with Crippen LogP contribution in [0, 0.1) is 6.92 Å². The molecule has 0 spiro atoms. The van der Waals surface area contributed by atoms with Crippen LogP contribution in [0.1, 0.15) is 77.7 Å². The molecule has 0 saturated heterocycles. The lowest BCUT2D eigenvalue weighted by Gasteiger charge is -2.29. The van der Waals surface area contributed by atoms with Gasteiger partial charge in [-0.05, 0) is 104 Å². The summed E-state index contributed by atoms with van der Waals surface area (Å²) in [5, 5.41) is 10.7. The Morgan fingerprint density at radius 1 is 1.05 bits per heavy atom. The lowest BCUT2D eigenvalue weighted by molar-refractivity contribution is -0.154. The molecule has 1 aliphatic rings. The highest BCUT2D eigenvalue weighted by Crippen LogP contribution is 2.38. The molecule has 2 heterocycles. The number of carbonyl (C=O) groups is 1. The fraction of sp³-hybridized carbons (Fsp3) is 0.613. The number of fused-ring (bicyclic) bond motifs is 2. The van der Waals surface area contributed by atoms with Crippen LogP contribution < -0.4 is 43.0 Å². The fourth-order valence-corrected chi connectivity index (χ4v) is 4.81. The summed E-state index contributed by atoms with van der Waals surface area (Å²) in [7, 11) is 0. The first kappa shape index (κ1) is 33.2. The number of nitrogens with zero attached hydrogens (tertiary/aromatic N) is 3. The summed E-state index contributed by atoms with van der Waals surface area (Å²) in [6, 6.07) is 4.10. The Balaban J connectivity index is 1.61. The minimum atomic E-state index is -0.459. The van der Waals surface area contributed by atoms with Crippen molar-refractivity contribution in [1.82, 2.24) is 20.6 Å². The molecule has 0 unspecified atom stereocenters. The fourth-order valence-electron chi connectivity index (χ4n) is 4.81. The highest BCUT2D eigenvalue weighted by Gasteiger charge is 2.24. The molecule has 1 aromatic heterocycles. The summed E-state index contributed by atoms with van der Waals surface area (Å²) in [5.41, 5.74) is 8.79. The van der Waals surface area contributed by atoms with Crippen LogP contribution in [-0.4, -0.2) is 60.9 Å². The number of aromatic amines is 1. The first-order valence-electron chi connectivity index (χ1n) is 15.3. The summed E-state index contributed by atoms with van der Waals surface area (Å²) in [6.45, 7) is 16.5. The Labute approximate surface area is 249 Å². The average molecular weight is 583 g/mol. The monoisotopic (exact) mass is 582 g/mol. The number of aryl methyl sites for hydroxylation is 1. The molecule has 0 fully saturated rings. The van der Waals surface area contributed by atoms with Gasteiger partial charge in [-0.25, -0.2) is 9.98 Å². The van der Waals surface area contributed by atoms with Gasteiger partial charge in [-0.1, -0.05) is 19.4 Å². The van der Waals surface area contributed by atoms with Crippen LogP contribution in [0.2, 0.25) is 0 Å². The highest BCUT2D eigenvalue weighted by molar-refractivity contribution is 5.80. The van der Waals surface area contributed by atoms with Gasteiger partial charge in [0.05, 0.1) is 18.0 Å². The molecule has 1 aliphatic heterocycles. The molecular formula is C31H50N8O3. The van der Waals surface area contributed by atoms with Gasteiger partial charge in [0.2, 0.25) is 0 Å². The molecule has 42 heavy (non-hydrogen) atoms.